The monoisotopic (exact) mass is 422 g/mol. The third-order valence-electron chi connectivity index (χ3n) is 3.08. The lowest BCUT2D eigenvalue weighted by Crippen LogP contribution is -2.15. The van der Waals surface area contributed by atoms with Crippen LogP contribution in [0, 0.1) is 0 Å². The van der Waals surface area contributed by atoms with Crippen LogP contribution in [0.25, 0.3) is 11.5 Å². The smallest absolute Gasteiger partial charge is 0.344 e. The number of carbonyl (C=O) groups excluding carboxylic acids is 1. The number of carbonyl (C=O) groups is 1. The maximum Gasteiger partial charge on any atom is 0.344 e. The Bertz CT molecular complexity index is 870. The molecule has 0 fully saturated rings. The van der Waals surface area contributed by atoms with Crippen LogP contribution >= 0.6 is 27.5 Å². The predicted octanol–water partition coefficient (Wildman–Crippen LogP) is 4.27. The van der Waals surface area contributed by atoms with Gasteiger partial charge in [0.15, 0.2) is 13.2 Å². The van der Waals surface area contributed by atoms with Crippen molar-refractivity contribution < 1.29 is 18.7 Å². The zero-order chi connectivity index (χ0) is 17.6. The number of esters is 1. The van der Waals surface area contributed by atoms with Crippen LogP contribution in [0.15, 0.2) is 57.4 Å². The molecule has 0 bridgehead atoms. The molecule has 25 heavy (non-hydrogen) atoms. The van der Waals surface area contributed by atoms with Gasteiger partial charge >= 0.3 is 5.97 Å². The molecule has 1 heterocycles. The molecule has 3 aromatic rings. The topological polar surface area (TPSA) is 74.5 Å². The number of halogens is 2. The number of benzene rings is 2. The van der Waals surface area contributed by atoms with E-state index in [0.717, 1.165) is 5.56 Å². The zero-order valence-corrected chi connectivity index (χ0v) is 15.2. The van der Waals surface area contributed by atoms with Crippen molar-refractivity contribution in [3.05, 3.63) is 63.9 Å². The first-order chi connectivity index (χ1) is 12.1. The van der Waals surface area contributed by atoms with Crippen LogP contribution in [0.2, 0.25) is 5.02 Å². The minimum atomic E-state index is -0.554. The summed E-state index contributed by atoms with van der Waals surface area (Å²) in [4.78, 5) is 11.8. The van der Waals surface area contributed by atoms with Crippen molar-refractivity contribution in [1.82, 2.24) is 10.2 Å². The van der Waals surface area contributed by atoms with Gasteiger partial charge in [0.25, 0.3) is 5.89 Å². The highest BCUT2D eigenvalue weighted by molar-refractivity contribution is 9.10. The Morgan fingerprint density at radius 2 is 1.96 bits per heavy atom. The van der Waals surface area contributed by atoms with Crippen molar-refractivity contribution in [2.75, 3.05) is 6.61 Å². The average Bonchev–Trinajstić information content (AvgIpc) is 3.09. The average molecular weight is 424 g/mol. The molecule has 0 aliphatic carbocycles. The Hall–Kier alpha value is -2.38. The van der Waals surface area contributed by atoms with Crippen molar-refractivity contribution >= 4 is 33.5 Å². The zero-order valence-electron chi connectivity index (χ0n) is 12.8. The van der Waals surface area contributed by atoms with E-state index in [2.05, 4.69) is 26.1 Å². The molecule has 1 aromatic heterocycles. The molecule has 0 radical (unpaired) electrons. The predicted molar refractivity (Wildman–Crippen MR) is 94.2 cm³/mol. The van der Waals surface area contributed by atoms with Gasteiger partial charge in [0, 0.05) is 10.6 Å². The summed E-state index contributed by atoms with van der Waals surface area (Å²) in [6, 6.07) is 14.3. The molecule has 0 unspecified atom stereocenters. The van der Waals surface area contributed by atoms with Crippen molar-refractivity contribution in [3.8, 4) is 17.2 Å². The van der Waals surface area contributed by atoms with Gasteiger partial charge in [-0.25, -0.2) is 4.79 Å². The van der Waals surface area contributed by atoms with E-state index in [4.69, 9.17) is 25.5 Å². The Balaban J connectivity index is 1.50. The number of aromatic nitrogens is 2. The maximum absolute atomic E-state index is 11.8. The number of hydrogen-bond acceptors (Lipinski definition) is 6. The molecule has 0 saturated heterocycles. The first kappa shape index (κ1) is 17.4. The quantitative estimate of drug-likeness (QED) is 0.551. The highest BCUT2D eigenvalue weighted by Crippen LogP contribution is 2.27. The van der Waals surface area contributed by atoms with E-state index in [1.54, 1.807) is 18.2 Å². The number of rotatable bonds is 6. The minimum absolute atomic E-state index is 0.121. The fourth-order valence-corrected chi connectivity index (χ4v) is 2.72. The molecule has 0 spiro atoms. The fraction of sp³-hybridized carbons (Fsp3) is 0.118. The van der Waals surface area contributed by atoms with Crippen molar-refractivity contribution in [2.45, 2.75) is 6.61 Å². The molecule has 0 atom stereocenters. The van der Waals surface area contributed by atoms with Crippen LogP contribution < -0.4 is 4.74 Å². The summed E-state index contributed by atoms with van der Waals surface area (Å²) < 4.78 is 16.5. The van der Waals surface area contributed by atoms with Gasteiger partial charge in [0.2, 0.25) is 5.89 Å². The second kappa shape index (κ2) is 8.13. The largest absolute Gasteiger partial charge is 0.481 e. The number of hydrogen-bond donors (Lipinski definition) is 0. The molecule has 0 saturated carbocycles. The summed E-state index contributed by atoms with van der Waals surface area (Å²) in [7, 11) is 0. The maximum atomic E-state index is 11.8. The van der Waals surface area contributed by atoms with Crippen LogP contribution in [-0.4, -0.2) is 22.8 Å². The van der Waals surface area contributed by atoms with Crippen molar-refractivity contribution in [3.63, 3.8) is 0 Å². The van der Waals surface area contributed by atoms with E-state index in [0.29, 0.717) is 21.1 Å². The molecule has 0 aliphatic heterocycles. The van der Waals surface area contributed by atoms with Crippen LogP contribution in [0.5, 0.6) is 5.75 Å². The highest BCUT2D eigenvalue weighted by Gasteiger charge is 2.12. The Morgan fingerprint density at radius 1 is 1.16 bits per heavy atom. The second-order valence-corrected chi connectivity index (χ2v) is 6.18. The molecule has 0 amide bonds. The van der Waals surface area contributed by atoms with Gasteiger partial charge in [-0.05, 0) is 46.3 Å². The van der Waals surface area contributed by atoms with Crippen LogP contribution in [0.3, 0.4) is 0 Å². The summed E-state index contributed by atoms with van der Waals surface area (Å²) in [5.41, 5.74) is 0.795. The first-order valence-electron chi connectivity index (χ1n) is 7.23. The van der Waals surface area contributed by atoms with E-state index < -0.39 is 5.97 Å². The van der Waals surface area contributed by atoms with E-state index in [-0.39, 0.29) is 19.1 Å². The van der Waals surface area contributed by atoms with E-state index >= 15 is 0 Å². The molecule has 8 heteroatoms. The molecule has 2 aromatic carbocycles. The Morgan fingerprint density at radius 3 is 2.72 bits per heavy atom. The SMILES string of the molecule is O=C(COc1ccc(Cl)cc1Br)OCc1nnc(-c2ccccc2)o1. The lowest BCUT2D eigenvalue weighted by Gasteiger charge is -2.07. The second-order valence-electron chi connectivity index (χ2n) is 4.89. The van der Waals surface area contributed by atoms with Gasteiger partial charge in [0.1, 0.15) is 5.75 Å². The Kier molecular flexibility index (Phi) is 5.67. The van der Waals surface area contributed by atoms with Crippen LogP contribution in [0.1, 0.15) is 5.89 Å². The standard InChI is InChI=1S/C17H12BrClN2O4/c18-13-8-12(19)6-7-14(13)23-10-16(22)24-9-15-20-21-17(25-15)11-4-2-1-3-5-11/h1-8H,9-10H2. The van der Waals surface area contributed by atoms with E-state index in [9.17, 15) is 4.79 Å². The first-order valence-corrected chi connectivity index (χ1v) is 8.40. The van der Waals surface area contributed by atoms with Gasteiger partial charge < -0.3 is 13.9 Å². The summed E-state index contributed by atoms with van der Waals surface area (Å²) in [6.07, 6.45) is 0. The van der Waals surface area contributed by atoms with Crippen LogP contribution in [0.4, 0.5) is 0 Å². The highest BCUT2D eigenvalue weighted by atomic mass is 79.9. The van der Waals surface area contributed by atoms with Crippen LogP contribution in [-0.2, 0) is 16.1 Å². The molecular formula is C17H12BrClN2O4. The summed E-state index contributed by atoms with van der Waals surface area (Å²) in [5, 5.41) is 8.33. The van der Waals surface area contributed by atoms with Crippen molar-refractivity contribution in [1.29, 1.82) is 0 Å². The molecule has 0 aliphatic rings. The third-order valence-corrected chi connectivity index (χ3v) is 3.94. The fourth-order valence-electron chi connectivity index (χ4n) is 1.92. The summed E-state index contributed by atoms with van der Waals surface area (Å²) >= 11 is 9.15. The number of ether oxygens (including phenoxy) is 2. The number of nitrogens with zero attached hydrogens (tertiary/aromatic N) is 2. The normalized spacial score (nSPS) is 10.5. The van der Waals surface area contributed by atoms with E-state index in [1.165, 1.54) is 0 Å². The summed E-state index contributed by atoms with van der Waals surface area (Å²) in [5.74, 6) is 0.514. The van der Waals surface area contributed by atoms with Gasteiger partial charge in [-0.3, -0.25) is 0 Å². The molecule has 6 nitrogen and oxygen atoms in total. The lowest BCUT2D eigenvalue weighted by molar-refractivity contribution is -0.148. The third kappa shape index (κ3) is 4.80. The van der Waals surface area contributed by atoms with E-state index in [1.807, 2.05) is 30.3 Å². The van der Waals surface area contributed by atoms with Gasteiger partial charge in [-0.15, -0.1) is 10.2 Å². The molecule has 3 rings (SSSR count). The van der Waals surface area contributed by atoms with Gasteiger partial charge in [-0.2, -0.15) is 0 Å². The van der Waals surface area contributed by atoms with Crippen molar-refractivity contribution in [2.24, 2.45) is 0 Å². The minimum Gasteiger partial charge on any atom is -0.481 e. The molecular weight excluding hydrogens is 412 g/mol. The lowest BCUT2D eigenvalue weighted by atomic mass is 10.2. The van der Waals surface area contributed by atoms with Gasteiger partial charge in [-0.1, -0.05) is 29.8 Å². The Labute approximate surface area is 156 Å². The van der Waals surface area contributed by atoms with Gasteiger partial charge in [0.05, 0.1) is 4.47 Å². The molecule has 0 N–H and O–H groups in total. The molecule has 128 valence electrons. The summed E-state index contributed by atoms with van der Waals surface area (Å²) in [6.45, 7) is -0.371.